The average Bonchev–Trinajstić information content (AvgIpc) is 3.29. The van der Waals surface area contributed by atoms with Crippen molar-refractivity contribution in [3.05, 3.63) is 30.5 Å². The normalized spacial score (nSPS) is 14.2. The summed E-state index contributed by atoms with van der Waals surface area (Å²) in [6.45, 7) is 5.34. The first-order valence-electron chi connectivity index (χ1n) is 8.23. The zero-order valence-corrected chi connectivity index (χ0v) is 14.6. The molecule has 1 aromatic heterocycles. The van der Waals surface area contributed by atoms with Crippen LogP contribution in [0.3, 0.4) is 0 Å². The largest absolute Gasteiger partial charge is 0.443 e. The quantitative estimate of drug-likeness (QED) is 0.892. The van der Waals surface area contributed by atoms with Crippen LogP contribution in [0.15, 0.2) is 30.5 Å². The van der Waals surface area contributed by atoms with Gasteiger partial charge >= 0.3 is 6.09 Å². The number of carbonyl (C=O) groups is 2. The number of benzene rings is 1. The Balaban J connectivity index is 1.97. The second-order valence-electron chi connectivity index (χ2n) is 7.13. The summed E-state index contributed by atoms with van der Waals surface area (Å²) < 4.78 is 6.63. The zero-order valence-electron chi connectivity index (χ0n) is 14.6. The molecule has 1 aromatic carbocycles. The van der Waals surface area contributed by atoms with Crippen molar-refractivity contribution in [2.24, 2.45) is 5.92 Å². The number of imidazole rings is 1. The summed E-state index contributed by atoms with van der Waals surface area (Å²) in [7, 11) is 0. The molecule has 0 unspecified atom stereocenters. The fourth-order valence-electron chi connectivity index (χ4n) is 2.45. The number of nitrogens with one attached hydrogen (secondary N) is 1. The predicted octanol–water partition coefficient (Wildman–Crippen LogP) is 3.26. The minimum Gasteiger partial charge on any atom is -0.443 e. The number of aromatic nitrogens is 2. The fraction of sp³-hybridized carbons (Fsp3) is 0.389. The van der Waals surface area contributed by atoms with Gasteiger partial charge in [-0.1, -0.05) is 18.2 Å². The fourth-order valence-corrected chi connectivity index (χ4v) is 2.45. The highest BCUT2D eigenvalue weighted by atomic mass is 16.6. The van der Waals surface area contributed by atoms with Crippen molar-refractivity contribution in [3.8, 4) is 11.3 Å². The van der Waals surface area contributed by atoms with Crippen LogP contribution in [0.1, 0.15) is 33.6 Å². The first-order chi connectivity index (χ1) is 11.8. The summed E-state index contributed by atoms with van der Waals surface area (Å²) in [5, 5.41) is 2.92. The monoisotopic (exact) mass is 342 g/mol. The summed E-state index contributed by atoms with van der Waals surface area (Å²) in [5.74, 6) is 0.102. The van der Waals surface area contributed by atoms with E-state index in [4.69, 9.17) is 10.5 Å². The van der Waals surface area contributed by atoms with Gasteiger partial charge in [-0.25, -0.2) is 14.3 Å². The van der Waals surface area contributed by atoms with Gasteiger partial charge in [0.2, 0.25) is 11.9 Å². The molecule has 0 aliphatic heterocycles. The maximum Gasteiger partial charge on any atom is 0.421 e. The van der Waals surface area contributed by atoms with Crippen LogP contribution in [0.2, 0.25) is 0 Å². The topological polar surface area (TPSA) is 99.2 Å². The Labute approximate surface area is 146 Å². The zero-order chi connectivity index (χ0) is 18.2. The molecular formula is C18H22N4O3. The molecule has 1 saturated carbocycles. The van der Waals surface area contributed by atoms with Crippen LogP contribution >= 0.6 is 0 Å². The lowest BCUT2D eigenvalue weighted by molar-refractivity contribution is -0.117. The number of ether oxygens (including phenoxy) is 1. The highest BCUT2D eigenvalue weighted by Crippen LogP contribution is 2.34. The highest BCUT2D eigenvalue weighted by Gasteiger charge is 2.30. The van der Waals surface area contributed by atoms with E-state index < -0.39 is 11.7 Å². The van der Waals surface area contributed by atoms with Crippen molar-refractivity contribution in [1.82, 2.24) is 9.55 Å². The van der Waals surface area contributed by atoms with Gasteiger partial charge in [-0.3, -0.25) is 4.79 Å². The van der Waals surface area contributed by atoms with Gasteiger partial charge in [-0.15, -0.1) is 0 Å². The Morgan fingerprint density at radius 3 is 2.60 bits per heavy atom. The Morgan fingerprint density at radius 1 is 1.28 bits per heavy atom. The molecule has 3 rings (SSSR count). The number of para-hydroxylation sites is 1. The minimum atomic E-state index is -0.662. The number of carbonyl (C=O) groups excluding carboxylic acids is 2. The van der Waals surface area contributed by atoms with E-state index >= 15 is 0 Å². The number of hydrogen-bond donors (Lipinski definition) is 2. The third kappa shape index (κ3) is 3.81. The molecule has 132 valence electrons. The molecule has 0 atom stereocenters. The molecule has 1 amide bonds. The molecule has 1 aliphatic carbocycles. The number of nitrogens with two attached hydrogens (primary N) is 1. The summed E-state index contributed by atoms with van der Waals surface area (Å²) in [4.78, 5) is 28.7. The molecule has 7 nitrogen and oxygen atoms in total. The van der Waals surface area contributed by atoms with Crippen LogP contribution in [0.5, 0.6) is 0 Å². The lowest BCUT2D eigenvalue weighted by Gasteiger charge is -2.21. The molecule has 25 heavy (non-hydrogen) atoms. The molecule has 0 bridgehead atoms. The van der Waals surface area contributed by atoms with Gasteiger partial charge in [-0.2, -0.15) is 0 Å². The summed E-state index contributed by atoms with van der Waals surface area (Å²) in [5.41, 5.74) is 6.95. The predicted molar refractivity (Wildman–Crippen MR) is 95.1 cm³/mol. The van der Waals surface area contributed by atoms with Crippen LogP contribution in [0.25, 0.3) is 11.3 Å². The molecule has 1 fully saturated rings. The van der Waals surface area contributed by atoms with E-state index in [1.165, 1.54) is 10.8 Å². The molecule has 1 heterocycles. The SMILES string of the molecule is CC(C)(C)OC(=O)n1c(-c2ccccc2NC(=O)C2CC2)cnc1N. The van der Waals surface area contributed by atoms with Gasteiger partial charge in [0.1, 0.15) is 5.60 Å². The van der Waals surface area contributed by atoms with E-state index in [0.717, 1.165) is 12.8 Å². The Hall–Kier alpha value is -2.83. The average molecular weight is 342 g/mol. The maximum absolute atomic E-state index is 12.5. The molecule has 7 heteroatoms. The Bertz CT molecular complexity index is 816. The second kappa shape index (κ2) is 6.23. The first-order valence-corrected chi connectivity index (χ1v) is 8.23. The van der Waals surface area contributed by atoms with Crippen LogP contribution in [0.4, 0.5) is 16.4 Å². The van der Waals surface area contributed by atoms with Crippen LogP contribution in [-0.2, 0) is 9.53 Å². The van der Waals surface area contributed by atoms with E-state index in [0.29, 0.717) is 16.9 Å². The number of hydrogen-bond acceptors (Lipinski definition) is 5. The Morgan fingerprint density at radius 2 is 1.96 bits per heavy atom. The van der Waals surface area contributed by atoms with Crippen molar-refractivity contribution >= 4 is 23.6 Å². The van der Waals surface area contributed by atoms with Crippen LogP contribution in [0, 0.1) is 5.92 Å². The number of anilines is 2. The number of amides is 1. The van der Waals surface area contributed by atoms with Gasteiger partial charge in [0.25, 0.3) is 0 Å². The molecule has 0 saturated heterocycles. The lowest BCUT2D eigenvalue weighted by Crippen LogP contribution is -2.28. The van der Waals surface area contributed by atoms with Crippen molar-refractivity contribution in [1.29, 1.82) is 0 Å². The third-order valence-corrected chi connectivity index (χ3v) is 3.77. The lowest BCUT2D eigenvalue weighted by atomic mass is 10.1. The molecule has 0 spiro atoms. The van der Waals surface area contributed by atoms with Crippen molar-refractivity contribution in [3.63, 3.8) is 0 Å². The van der Waals surface area contributed by atoms with Gasteiger partial charge in [0, 0.05) is 11.5 Å². The van der Waals surface area contributed by atoms with E-state index in [1.807, 2.05) is 12.1 Å². The van der Waals surface area contributed by atoms with Crippen molar-refractivity contribution in [2.45, 2.75) is 39.2 Å². The van der Waals surface area contributed by atoms with Crippen molar-refractivity contribution in [2.75, 3.05) is 11.1 Å². The van der Waals surface area contributed by atoms with E-state index in [9.17, 15) is 9.59 Å². The first kappa shape index (κ1) is 17.0. The molecular weight excluding hydrogens is 320 g/mol. The summed E-state index contributed by atoms with van der Waals surface area (Å²) >= 11 is 0. The molecule has 0 radical (unpaired) electrons. The van der Waals surface area contributed by atoms with Gasteiger partial charge in [-0.05, 0) is 39.7 Å². The van der Waals surface area contributed by atoms with Gasteiger partial charge in [0.15, 0.2) is 0 Å². The standard InChI is InChI=1S/C18H22N4O3/c1-18(2,3)25-17(24)22-14(10-20-16(22)19)12-6-4-5-7-13(12)21-15(23)11-8-9-11/h4-7,10-11H,8-9H2,1-3H3,(H2,19,20)(H,21,23). The van der Waals surface area contributed by atoms with Gasteiger partial charge in [0.05, 0.1) is 17.6 Å². The summed E-state index contributed by atoms with van der Waals surface area (Å²) in [6.07, 6.45) is 2.72. The van der Waals surface area contributed by atoms with Gasteiger partial charge < -0.3 is 15.8 Å². The Kier molecular flexibility index (Phi) is 4.24. The molecule has 2 aromatic rings. The van der Waals surface area contributed by atoms with Crippen LogP contribution in [-0.4, -0.2) is 27.2 Å². The third-order valence-electron chi connectivity index (χ3n) is 3.77. The highest BCUT2D eigenvalue weighted by molar-refractivity contribution is 5.98. The maximum atomic E-state index is 12.5. The summed E-state index contributed by atoms with van der Waals surface area (Å²) in [6, 6.07) is 7.24. The second-order valence-corrected chi connectivity index (χ2v) is 7.13. The number of rotatable bonds is 3. The van der Waals surface area contributed by atoms with E-state index in [-0.39, 0.29) is 17.8 Å². The minimum absolute atomic E-state index is 0.0104. The molecule has 3 N–H and O–H groups in total. The molecule has 1 aliphatic rings. The van der Waals surface area contributed by atoms with Crippen LogP contribution < -0.4 is 11.1 Å². The smallest absolute Gasteiger partial charge is 0.421 e. The number of nitrogen functional groups attached to an aromatic ring is 1. The van der Waals surface area contributed by atoms with E-state index in [2.05, 4.69) is 10.3 Å². The van der Waals surface area contributed by atoms with E-state index in [1.54, 1.807) is 32.9 Å². The number of nitrogens with zero attached hydrogens (tertiary/aromatic N) is 2. The van der Waals surface area contributed by atoms with Crippen molar-refractivity contribution < 1.29 is 14.3 Å².